The molecule has 0 amide bonds. The lowest BCUT2D eigenvalue weighted by Crippen LogP contribution is -2.10. The fourth-order valence-corrected chi connectivity index (χ4v) is 2.55. The van der Waals surface area contributed by atoms with Crippen molar-refractivity contribution in [3.8, 4) is 11.5 Å². The fourth-order valence-electron chi connectivity index (χ4n) is 2.55. The van der Waals surface area contributed by atoms with Crippen LogP contribution in [0.3, 0.4) is 0 Å². The van der Waals surface area contributed by atoms with Gasteiger partial charge in [0.05, 0.1) is 26.4 Å². The Morgan fingerprint density at radius 1 is 1.09 bits per heavy atom. The molecule has 2 aromatic rings. The van der Waals surface area contributed by atoms with Crippen LogP contribution in [0.2, 0.25) is 0 Å². The van der Waals surface area contributed by atoms with E-state index >= 15 is 0 Å². The molecule has 23 heavy (non-hydrogen) atoms. The van der Waals surface area contributed by atoms with E-state index in [9.17, 15) is 5.11 Å². The van der Waals surface area contributed by atoms with Crippen molar-refractivity contribution < 1.29 is 14.6 Å². The van der Waals surface area contributed by atoms with Gasteiger partial charge in [-0.05, 0) is 49.2 Å². The van der Waals surface area contributed by atoms with E-state index in [1.807, 2.05) is 37.3 Å². The Hall–Kier alpha value is -2.20. The van der Waals surface area contributed by atoms with E-state index in [0.717, 1.165) is 29.2 Å². The number of methoxy groups -OCH3 is 1. The van der Waals surface area contributed by atoms with E-state index < -0.39 is 0 Å². The van der Waals surface area contributed by atoms with Crippen LogP contribution in [0.4, 0.5) is 5.69 Å². The van der Waals surface area contributed by atoms with Gasteiger partial charge in [0, 0.05) is 11.3 Å². The summed E-state index contributed by atoms with van der Waals surface area (Å²) in [6.07, 6.45) is 0.952. The normalized spacial score (nSPS) is 11.8. The molecule has 0 heterocycles. The highest BCUT2D eigenvalue weighted by atomic mass is 16.5. The molecule has 0 saturated carbocycles. The number of rotatable bonds is 8. The molecule has 0 spiro atoms. The topological polar surface area (TPSA) is 50.7 Å². The Morgan fingerprint density at radius 2 is 1.83 bits per heavy atom. The van der Waals surface area contributed by atoms with Gasteiger partial charge in [-0.3, -0.25) is 0 Å². The monoisotopic (exact) mass is 315 g/mol. The van der Waals surface area contributed by atoms with E-state index in [4.69, 9.17) is 9.47 Å². The van der Waals surface area contributed by atoms with Crippen molar-refractivity contribution in [2.24, 2.45) is 0 Å². The highest BCUT2D eigenvalue weighted by Gasteiger charge is 2.11. The second-order valence-electron chi connectivity index (χ2n) is 5.29. The molecule has 2 aromatic carbocycles. The van der Waals surface area contributed by atoms with Gasteiger partial charge in [0.15, 0.2) is 0 Å². The van der Waals surface area contributed by atoms with Crippen LogP contribution in [0.25, 0.3) is 0 Å². The van der Waals surface area contributed by atoms with Crippen LogP contribution in [0, 0.1) is 0 Å². The lowest BCUT2D eigenvalue weighted by atomic mass is 10.0. The highest BCUT2D eigenvalue weighted by Crippen LogP contribution is 2.28. The number of nitrogens with one attached hydrogen (secondary N) is 1. The van der Waals surface area contributed by atoms with Crippen LogP contribution in [-0.2, 0) is 6.61 Å². The average Bonchev–Trinajstić information content (AvgIpc) is 2.61. The van der Waals surface area contributed by atoms with Crippen LogP contribution in [-0.4, -0.2) is 18.8 Å². The second-order valence-corrected chi connectivity index (χ2v) is 5.29. The molecule has 1 unspecified atom stereocenters. The predicted octanol–water partition coefficient (Wildman–Crippen LogP) is 4.15. The summed E-state index contributed by atoms with van der Waals surface area (Å²) >= 11 is 0. The summed E-state index contributed by atoms with van der Waals surface area (Å²) in [5, 5.41) is 13.0. The lowest BCUT2D eigenvalue weighted by molar-refractivity contribution is 0.267. The molecule has 0 aliphatic heterocycles. The molecule has 0 aliphatic rings. The molecule has 0 saturated heterocycles. The molecule has 4 nitrogen and oxygen atoms in total. The maximum atomic E-state index is 9.51. The first-order valence-corrected chi connectivity index (χ1v) is 7.98. The van der Waals surface area contributed by atoms with Gasteiger partial charge >= 0.3 is 0 Å². The number of aliphatic hydroxyl groups is 1. The lowest BCUT2D eigenvalue weighted by Gasteiger charge is -2.20. The van der Waals surface area contributed by atoms with Crippen molar-refractivity contribution in [1.82, 2.24) is 0 Å². The Morgan fingerprint density at radius 3 is 2.39 bits per heavy atom. The molecule has 0 aliphatic carbocycles. The number of hydrogen-bond donors (Lipinski definition) is 2. The fraction of sp³-hybridized carbons (Fsp3) is 0.368. The molecule has 0 fully saturated rings. The molecule has 0 aromatic heterocycles. The first-order chi connectivity index (χ1) is 11.2. The molecule has 1 atom stereocenters. The van der Waals surface area contributed by atoms with Gasteiger partial charge in [-0.2, -0.15) is 0 Å². The number of anilines is 1. The van der Waals surface area contributed by atoms with Crippen LogP contribution in [0.5, 0.6) is 11.5 Å². The Kier molecular flexibility index (Phi) is 6.29. The summed E-state index contributed by atoms with van der Waals surface area (Å²) in [5.74, 6) is 1.59. The summed E-state index contributed by atoms with van der Waals surface area (Å²) in [4.78, 5) is 0. The average molecular weight is 315 g/mol. The Balaban J connectivity index is 2.17. The summed E-state index contributed by atoms with van der Waals surface area (Å²) < 4.78 is 10.7. The zero-order valence-electron chi connectivity index (χ0n) is 14.0. The van der Waals surface area contributed by atoms with Crippen LogP contribution in [0.15, 0.2) is 42.5 Å². The van der Waals surface area contributed by atoms with E-state index in [2.05, 4.69) is 24.4 Å². The summed E-state index contributed by atoms with van der Waals surface area (Å²) in [7, 11) is 1.67. The Bertz CT molecular complexity index is 611. The van der Waals surface area contributed by atoms with Gasteiger partial charge in [-0.25, -0.2) is 0 Å². The van der Waals surface area contributed by atoms with Gasteiger partial charge in [0.25, 0.3) is 0 Å². The quantitative estimate of drug-likeness (QED) is 0.768. The first-order valence-electron chi connectivity index (χ1n) is 7.98. The molecule has 124 valence electrons. The maximum Gasteiger partial charge on any atom is 0.124 e. The van der Waals surface area contributed by atoms with Gasteiger partial charge in [-0.15, -0.1) is 0 Å². The van der Waals surface area contributed by atoms with E-state index in [1.165, 1.54) is 5.56 Å². The second kappa shape index (κ2) is 8.44. The number of benzene rings is 2. The molecule has 2 rings (SSSR count). The smallest absolute Gasteiger partial charge is 0.124 e. The standard InChI is InChI=1S/C19H25NO3/c1-4-18(14-6-9-17(22-3)10-7-14)20-16-8-11-19(23-5-2)15(12-16)13-21/h6-12,18,20-21H,4-5,13H2,1-3H3. The number of aliphatic hydroxyl groups excluding tert-OH is 1. The van der Waals surface area contributed by atoms with Crippen molar-refractivity contribution in [3.63, 3.8) is 0 Å². The predicted molar refractivity (Wildman–Crippen MR) is 93.2 cm³/mol. The molecule has 4 heteroatoms. The summed E-state index contributed by atoms with van der Waals surface area (Å²) in [6, 6.07) is 14.1. The van der Waals surface area contributed by atoms with Gasteiger partial charge in [0.2, 0.25) is 0 Å². The van der Waals surface area contributed by atoms with E-state index in [1.54, 1.807) is 7.11 Å². The molecule has 0 radical (unpaired) electrons. The molecular weight excluding hydrogens is 290 g/mol. The number of hydrogen-bond acceptors (Lipinski definition) is 4. The minimum absolute atomic E-state index is 0.0375. The van der Waals surface area contributed by atoms with E-state index in [-0.39, 0.29) is 12.6 Å². The highest BCUT2D eigenvalue weighted by molar-refractivity contribution is 5.52. The molecular formula is C19H25NO3. The number of ether oxygens (including phenoxy) is 2. The van der Waals surface area contributed by atoms with Crippen molar-refractivity contribution in [2.45, 2.75) is 32.9 Å². The van der Waals surface area contributed by atoms with E-state index in [0.29, 0.717) is 6.61 Å². The third-order valence-corrected chi connectivity index (χ3v) is 3.80. The van der Waals surface area contributed by atoms with Crippen LogP contribution in [0.1, 0.15) is 37.4 Å². The minimum Gasteiger partial charge on any atom is -0.497 e. The molecule has 2 N–H and O–H groups in total. The summed E-state index contributed by atoms with van der Waals surface area (Å²) in [6.45, 7) is 4.63. The van der Waals surface area contributed by atoms with Gasteiger partial charge < -0.3 is 19.9 Å². The third kappa shape index (κ3) is 4.39. The minimum atomic E-state index is -0.0375. The third-order valence-electron chi connectivity index (χ3n) is 3.80. The first kappa shape index (κ1) is 17.2. The van der Waals surface area contributed by atoms with Crippen molar-refractivity contribution in [2.75, 3.05) is 19.0 Å². The maximum absolute atomic E-state index is 9.51. The summed E-state index contributed by atoms with van der Waals surface area (Å²) in [5.41, 5.74) is 2.97. The molecule has 0 bridgehead atoms. The van der Waals surface area contributed by atoms with Crippen molar-refractivity contribution >= 4 is 5.69 Å². The van der Waals surface area contributed by atoms with Crippen LogP contribution < -0.4 is 14.8 Å². The SMILES string of the molecule is CCOc1ccc(NC(CC)c2ccc(OC)cc2)cc1CO. The zero-order chi connectivity index (χ0) is 16.7. The Labute approximate surface area is 138 Å². The van der Waals surface area contributed by atoms with Crippen LogP contribution >= 0.6 is 0 Å². The van der Waals surface area contributed by atoms with Crippen molar-refractivity contribution in [3.05, 3.63) is 53.6 Å². The van der Waals surface area contributed by atoms with Gasteiger partial charge in [-0.1, -0.05) is 19.1 Å². The van der Waals surface area contributed by atoms with Gasteiger partial charge in [0.1, 0.15) is 11.5 Å². The largest absolute Gasteiger partial charge is 0.497 e. The van der Waals surface area contributed by atoms with Crippen molar-refractivity contribution in [1.29, 1.82) is 0 Å². The zero-order valence-corrected chi connectivity index (χ0v) is 14.0.